The van der Waals surface area contributed by atoms with Crippen molar-refractivity contribution in [3.05, 3.63) is 83.7 Å². The summed E-state index contributed by atoms with van der Waals surface area (Å²) in [6.07, 6.45) is -0.305. The van der Waals surface area contributed by atoms with Gasteiger partial charge in [-0.3, -0.25) is 14.4 Å². The van der Waals surface area contributed by atoms with Gasteiger partial charge >= 0.3 is 0 Å². The monoisotopic (exact) mass is 585 g/mol. The van der Waals surface area contributed by atoms with Gasteiger partial charge in [0.2, 0.25) is 0 Å². The van der Waals surface area contributed by atoms with Crippen LogP contribution < -0.4 is 14.2 Å². The van der Waals surface area contributed by atoms with Gasteiger partial charge in [-0.25, -0.2) is 12.8 Å². The zero-order chi connectivity index (χ0) is 29.7. The molecular formula is C30H36FN3O6S. The molecule has 0 fully saturated rings. The minimum absolute atomic E-state index is 0.0731. The van der Waals surface area contributed by atoms with Gasteiger partial charge in [0.15, 0.2) is 0 Å². The average Bonchev–Trinajstić information content (AvgIpc) is 2.95. The first-order chi connectivity index (χ1) is 19.5. The van der Waals surface area contributed by atoms with E-state index in [0.717, 1.165) is 23.4 Å². The molecule has 220 valence electrons. The number of carbonyl (C=O) groups is 1. The fourth-order valence-electron chi connectivity index (χ4n) is 4.75. The predicted octanol–water partition coefficient (Wildman–Crippen LogP) is 3.99. The molecule has 0 spiro atoms. The van der Waals surface area contributed by atoms with Gasteiger partial charge in [0.05, 0.1) is 30.2 Å². The van der Waals surface area contributed by atoms with E-state index in [2.05, 4.69) is 9.62 Å². The first-order valence-corrected chi connectivity index (χ1v) is 14.8. The quantitative estimate of drug-likeness (QED) is 0.371. The number of hydrogen-bond donors (Lipinski definition) is 2. The van der Waals surface area contributed by atoms with E-state index in [-0.39, 0.29) is 40.7 Å². The minimum atomic E-state index is -4.03. The lowest BCUT2D eigenvalue weighted by molar-refractivity contribution is 0.0341. The Labute approximate surface area is 240 Å². The topological polar surface area (TPSA) is 108 Å². The van der Waals surface area contributed by atoms with Crippen molar-refractivity contribution < 1.29 is 32.2 Å². The van der Waals surface area contributed by atoms with E-state index >= 15 is 0 Å². The highest BCUT2D eigenvalue weighted by atomic mass is 32.2. The summed E-state index contributed by atoms with van der Waals surface area (Å²) in [5, 5.41) is 9.91. The van der Waals surface area contributed by atoms with E-state index in [1.807, 2.05) is 38.2 Å². The maximum Gasteiger partial charge on any atom is 0.261 e. The van der Waals surface area contributed by atoms with E-state index in [0.29, 0.717) is 25.4 Å². The molecule has 0 saturated heterocycles. The number of nitrogens with zero attached hydrogens (tertiary/aromatic N) is 2. The highest BCUT2D eigenvalue weighted by molar-refractivity contribution is 7.92. The van der Waals surface area contributed by atoms with Crippen LogP contribution in [0.25, 0.3) is 0 Å². The number of nitrogens with one attached hydrogen (secondary N) is 1. The van der Waals surface area contributed by atoms with E-state index < -0.39 is 21.9 Å². The molecule has 3 aromatic carbocycles. The summed E-state index contributed by atoms with van der Waals surface area (Å²) in [7, 11) is -0.412. The number of rotatable bonds is 10. The van der Waals surface area contributed by atoms with Gasteiger partial charge in [-0.05, 0) is 74.1 Å². The zero-order valence-corrected chi connectivity index (χ0v) is 24.4. The highest BCUT2D eigenvalue weighted by Crippen LogP contribution is 2.31. The fraction of sp³-hybridized carbons (Fsp3) is 0.367. The third-order valence-electron chi connectivity index (χ3n) is 7.14. The van der Waals surface area contributed by atoms with Crippen molar-refractivity contribution in [1.82, 2.24) is 9.80 Å². The van der Waals surface area contributed by atoms with Gasteiger partial charge in [-0.2, -0.15) is 0 Å². The second-order valence-corrected chi connectivity index (χ2v) is 12.1. The van der Waals surface area contributed by atoms with Crippen molar-refractivity contribution in [3.63, 3.8) is 0 Å². The average molecular weight is 586 g/mol. The molecule has 3 aromatic rings. The van der Waals surface area contributed by atoms with Crippen LogP contribution in [0.15, 0.2) is 71.6 Å². The van der Waals surface area contributed by atoms with Crippen molar-refractivity contribution >= 4 is 21.6 Å². The van der Waals surface area contributed by atoms with Crippen LogP contribution in [0.1, 0.15) is 29.8 Å². The molecule has 9 nitrogen and oxygen atoms in total. The number of hydrogen-bond acceptors (Lipinski definition) is 7. The molecule has 0 aliphatic carbocycles. The summed E-state index contributed by atoms with van der Waals surface area (Å²) < 4.78 is 53.2. The van der Waals surface area contributed by atoms with Gasteiger partial charge in [0, 0.05) is 31.2 Å². The normalized spacial score (nSPS) is 18.2. The van der Waals surface area contributed by atoms with Crippen molar-refractivity contribution in [3.8, 4) is 11.5 Å². The van der Waals surface area contributed by atoms with Gasteiger partial charge < -0.3 is 19.5 Å². The molecule has 0 aromatic heterocycles. The first kappa shape index (κ1) is 30.3. The van der Waals surface area contributed by atoms with Crippen LogP contribution in [-0.4, -0.2) is 75.2 Å². The molecule has 0 radical (unpaired) electrons. The molecule has 41 heavy (non-hydrogen) atoms. The van der Waals surface area contributed by atoms with Crippen LogP contribution in [0.2, 0.25) is 0 Å². The number of halogens is 1. The Balaban J connectivity index is 1.61. The molecule has 2 N–H and O–H groups in total. The molecule has 0 saturated carbocycles. The second-order valence-electron chi connectivity index (χ2n) is 10.4. The Morgan fingerprint density at radius 3 is 2.46 bits per heavy atom. The molecular weight excluding hydrogens is 549 g/mol. The van der Waals surface area contributed by atoms with Crippen molar-refractivity contribution in [1.29, 1.82) is 0 Å². The van der Waals surface area contributed by atoms with Gasteiger partial charge in [-0.15, -0.1) is 0 Å². The molecule has 11 heteroatoms. The number of anilines is 1. The number of benzene rings is 3. The van der Waals surface area contributed by atoms with E-state index in [1.54, 1.807) is 25.0 Å². The number of sulfonamides is 1. The highest BCUT2D eigenvalue weighted by Gasteiger charge is 2.33. The predicted molar refractivity (Wildman–Crippen MR) is 154 cm³/mol. The molecule has 4 rings (SSSR count). The van der Waals surface area contributed by atoms with Crippen LogP contribution in [0.3, 0.4) is 0 Å². The molecule has 1 aliphatic heterocycles. The Morgan fingerprint density at radius 2 is 1.83 bits per heavy atom. The van der Waals surface area contributed by atoms with Gasteiger partial charge in [-0.1, -0.05) is 19.1 Å². The van der Waals surface area contributed by atoms with E-state index in [1.165, 1.54) is 24.3 Å². The van der Waals surface area contributed by atoms with E-state index in [4.69, 9.17) is 9.47 Å². The number of carbonyl (C=O) groups excluding carboxylic acids is 1. The number of likely N-dealkylation sites (N-methyl/N-ethyl adjacent to an activating group) is 1. The van der Waals surface area contributed by atoms with Crippen LogP contribution in [0.4, 0.5) is 10.1 Å². The van der Waals surface area contributed by atoms with Crippen LogP contribution in [-0.2, 0) is 16.6 Å². The molecule has 1 heterocycles. The standard InChI is InChI=1S/C30H36FN3O6S/c1-20-16-34(21(2)19-35)30(36)27-15-24(32-41(37,38)26-12-7-23(31)8-13-26)9-14-28(27)40-29(20)18-33(3)17-22-5-10-25(39-4)11-6-22/h5-15,20-21,29,32,35H,16-19H2,1-4H3/t20-,21-,29+/m1/s1. The Hall–Kier alpha value is -3.67. The lowest BCUT2D eigenvalue weighted by atomic mass is 9.99. The van der Waals surface area contributed by atoms with Crippen molar-refractivity contribution in [2.24, 2.45) is 5.92 Å². The summed E-state index contributed by atoms with van der Waals surface area (Å²) in [6.45, 7) is 5.11. The number of aliphatic hydroxyl groups is 1. The number of methoxy groups -OCH3 is 1. The third-order valence-corrected chi connectivity index (χ3v) is 8.54. The first-order valence-electron chi connectivity index (χ1n) is 13.3. The van der Waals surface area contributed by atoms with Crippen LogP contribution in [0, 0.1) is 11.7 Å². The Bertz CT molecular complexity index is 1450. The summed E-state index contributed by atoms with van der Waals surface area (Å²) >= 11 is 0. The zero-order valence-electron chi connectivity index (χ0n) is 23.6. The maximum absolute atomic E-state index is 13.7. The van der Waals surface area contributed by atoms with E-state index in [9.17, 15) is 22.7 Å². The fourth-order valence-corrected chi connectivity index (χ4v) is 5.80. The third kappa shape index (κ3) is 7.35. The van der Waals surface area contributed by atoms with Crippen LogP contribution in [0.5, 0.6) is 11.5 Å². The SMILES string of the molecule is COc1ccc(CN(C)C[C@@H]2Oc3ccc(NS(=O)(=O)c4ccc(F)cc4)cc3C(=O)N([C@H](C)CO)C[C@H]2C)cc1. The lowest BCUT2D eigenvalue weighted by Crippen LogP contribution is -2.49. The van der Waals surface area contributed by atoms with Crippen LogP contribution >= 0.6 is 0 Å². The maximum atomic E-state index is 13.7. The molecule has 3 atom stereocenters. The lowest BCUT2D eigenvalue weighted by Gasteiger charge is -2.38. The molecule has 0 unspecified atom stereocenters. The summed E-state index contributed by atoms with van der Waals surface area (Å²) in [4.78, 5) is 17.3. The summed E-state index contributed by atoms with van der Waals surface area (Å²) in [5.41, 5.74) is 1.44. The second kappa shape index (κ2) is 12.9. The molecule has 1 aliphatic rings. The van der Waals surface area contributed by atoms with Gasteiger partial charge in [0.25, 0.3) is 15.9 Å². The number of aliphatic hydroxyl groups excluding tert-OH is 1. The number of fused-ring (bicyclic) bond motifs is 1. The van der Waals surface area contributed by atoms with Crippen molar-refractivity contribution in [2.75, 3.05) is 38.6 Å². The number of ether oxygens (including phenoxy) is 2. The van der Waals surface area contributed by atoms with Crippen molar-refractivity contribution in [2.45, 2.75) is 37.4 Å². The Morgan fingerprint density at radius 1 is 1.15 bits per heavy atom. The van der Waals surface area contributed by atoms with Gasteiger partial charge in [0.1, 0.15) is 23.4 Å². The molecule has 0 bridgehead atoms. The smallest absolute Gasteiger partial charge is 0.261 e. The molecule has 1 amide bonds. The largest absolute Gasteiger partial charge is 0.497 e. The summed E-state index contributed by atoms with van der Waals surface area (Å²) in [5.74, 6) is 0.109. The Kier molecular flexibility index (Phi) is 9.52. The number of amides is 1. The summed E-state index contributed by atoms with van der Waals surface area (Å²) in [6, 6.07) is 16.4. The minimum Gasteiger partial charge on any atom is -0.497 e.